The first-order valence-corrected chi connectivity index (χ1v) is 17.6. The number of hydrogen-bond acceptors (Lipinski definition) is 9. The Hall–Kier alpha value is -5.50. The lowest BCUT2D eigenvalue weighted by Gasteiger charge is -2.16. The Morgan fingerprint density at radius 1 is 0.981 bits per heavy atom. The first-order chi connectivity index (χ1) is 25.6. The lowest BCUT2D eigenvalue weighted by Crippen LogP contribution is -2.38. The SMILES string of the molecule is COc1nc(-c2cccc(-c3cccc(-c4ccn5c(=O)cc(CN6C[C@@H](O)CC6=O)nc5c4)c3Cl)c2Cl)ccc1COC(=O)NC[C@@H]1CCC(=O)N1. The van der Waals surface area contributed by atoms with E-state index >= 15 is 0 Å². The maximum absolute atomic E-state index is 12.9. The van der Waals surface area contributed by atoms with Gasteiger partial charge in [0.25, 0.3) is 5.56 Å². The molecule has 0 saturated carbocycles. The number of benzene rings is 2. The number of fused-ring (bicyclic) bond motifs is 1. The predicted octanol–water partition coefficient (Wildman–Crippen LogP) is 5.00. The average molecular weight is 758 g/mol. The number of likely N-dealkylation sites (tertiary alicyclic amines) is 1. The summed E-state index contributed by atoms with van der Waals surface area (Å²) in [6.45, 7) is 0.506. The molecule has 0 radical (unpaired) electrons. The quantitative estimate of drug-likeness (QED) is 0.178. The number of alkyl carbamates (subject to hydrolysis) is 1. The lowest BCUT2D eigenvalue weighted by molar-refractivity contribution is -0.128. The Bertz CT molecular complexity index is 2320. The summed E-state index contributed by atoms with van der Waals surface area (Å²) in [5, 5.41) is 16.2. The van der Waals surface area contributed by atoms with E-state index in [0.717, 1.165) is 0 Å². The fraction of sp³-hybridized carbons (Fsp3) is 0.263. The monoisotopic (exact) mass is 756 g/mol. The van der Waals surface area contributed by atoms with Crippen molar-refractivity contribution in [2.75, 3.05) is 20.2 Å². The van der Waals surface area contributed by atoms with E-state index in [1.165, 1.54) is 22.5 Å². The van der Waals surface area contributed by atoms with Crippen LogP contribution in [0.1, 0.15) is 30.5 Å². The number of carbonyl (C=O) groups is 3. The molecule has 3 amide bonds. The highest BCUT2D eigenvalue weighted by molar-refractivity contribution is 6.39. The van der Waals surface area contributed by atoms with Crippen molar-refractivity contribution in [3.05, 3.63) is 105 Å². The van der Waals surface area contributed by atoms with Gasteiger partial charge in [-0.1, -0.05) is 59.6 Å². The van der Waals surface area contributed by atoms with E-state index in [2.05, 4.69) is 20.6 Å². The van der Waals surface area contributed by atoms with Gasteiger partial charge in [0.1, 0.15) is 12.3 Å². The molecular weight excluding hydrogens is 723 g/mol. The van der Waals surface area contributed by atoms with Crippen LogP contribution >= 0.6 is 23.2 Å². The van der Waals surface area contributed by atoms with Gasteiger partial charge in [-0.3, -0.25) is 18.8 Å². The van der Waals surface area contributed by atoms with Crippen LogP contribution in [0.25, 0.3) is 39.2 Å². The van der Waals surface area contributed by atoms with Crippen LogP contribution in [0, 0.1) is 0 Å². The average Bonchev–Trinajstić information content (AvgIpc) is 3.71. The van der Waals surface area contributed by atoms with Crippen LogP contribution in [0.3, 0.4) is 0 Å². The third-order valence-electron chi connectivity index (χ3n) is 9.21. The molecule has 3 N–H and O–H groups in total. The molecule has 5 heterocycles. The number of hydrogen-bond donors (Lipinski definition) is 3. The number of nitrogens with one attached hydrogen (secondary N) is 2. The van der Waals surface area contributed by atoms with Crippen molar-refractivity contribution in [3.63, 3.8) is 0 Å². The summed E-state index contributed by atoms with van der Waals surface area (Å²) in [5.74, 6) is 0.0399. The van der Waals surface area contributed by atoms with E-state index in [4.69, 9.17) is 32.7 Å². The van der Waals surface area contributed by atoms with Gasteiger partial charge in [0.05, 0.1) is 53.2 Å². The first-order valence-electron chi connectivity index (χ1n) is 16.9. The highest BCUT2D eigenvalue weighted by Gasteiger charge is 2.28. The molecule has 2 aromatic carbocycles. The molecule has 2 saturated heterocycles. The molecule has 3 aromatic heterocycles. The van der Waals surface area contributed by atoms with E-state index in [1.54, 1.807) is 30.5 Å². The van der Waals surface area contributed by atoms with E-state index in [9.17, 15) is 24.3 Å². The van der Waals surface area contributed by atoms with Crippen LogP contribution in [-0.4, -0.2) is 74.6 Å². The third-order valence-corrected chi connectivity index (χ3v) is 10.0. The van der Waals surface area contributed by atoms with Crippen LogP contribution in [0.5, 0.6) is 5.88 Å². The van der Waals surface area contributed by atoms with Crippen LogP contribution in [0.15, 0.2) is 77.7 Å². The summed E-state index contributed by atoms with van der Waals surface area (Å²) in [6.07, 6.45) is 1.43. The highest BCUT2D eigenvalue weighted by atomic mass is 35.5. The molecule has 5 aromatic rings. The van der Waals surface area contributed by atoms with Gasteiger partial charge in [0.2, 0.25) is 17.7 Å². The van der Waals surface area contributed by atoms with Gasteiger partial charge < -0.3 is 30.1 Å². The number of ether oxygens (including phenoxy) is 2. The number of methoxy groups -OCH3 is 1. The van der Waals surface area contributed by atoms with E-state index in [0.29, 0.717) is 73.3 Å². The summed E-state index contributed by atoms with van der Waals surface area (Å²) in [5.41, 5.74) is 4.93. The van der Waals surface area contributed by atoms with Crippen molar-refractivity contribution in [1.82, 2.24) is 29.9 Å². The zero-order chi connectivity index (χ0) is 37.2. The van der Waals surface area contributed by atoms with Crippen molar-refractivity contribution in [2.45, 2.75) is 44.6 Å². The topological polar surface area (TPSA) is 164 Å². The first kappa shape index (κ1) is 35.9. The molecule has 2 atom stereocenters. The Morgan fingerprint density at radius 2 is 1.72 bits per heavy atom. The molecule has 7 rings (SSSR count). The summed E-state index contributed by atoms with van der Waals surface area (Å²) in [6, 6.07) is 19.4. The summed E-state index contributed by atoms with van der Waals surface area (Å²) < 4.78 is 12.3. The summed E-state index contributed by atoms with van der Waals surface area (Å²) in [7, 11) is 1.47. The van der Waals surface area contributed by atoms with Crippen LogP contribution < -0.4 is 20.9 Å². The predicted molar refractivity (Wildman–Crippen MR) is 198 cm³/mol. The normalized spacial score (nSPS) is 16.9. The molecule has 53 heavy (non-hydrogen) atoms. The molecule has 2 aliphatic rings. The molecular formula is C38H34Cl2N6O7. The van der Waals surface area contributed by atoms with Crippen molar-refractivity contribution >= 4 is 46.8 Å². The number of aromatic nitrogens is 3. The Balaban J connectivity index is 1.12. The molecule has 2 aliphatic heterocycles. The number of aliphatic hydroxyl groups is 1. The molecule has 0 bridgehead atoms. The zero-order valence-corrected chi connectivity index (χ0v) is 30.0. The summed E-state index contributed by atoms with van der Waals surface area (Å²) in [4.78, 5) is 59.6. The van der Waals surface area contributed by atoms with E-state index < -0.39 is 12.2 Å². The Morgan fingerprint density at radius 3 is 2.42 bits per heavy atom. The Labute approximate surface area is 313 Å². The van der Waals surface area contributed by atoms with Gasteiger partial charge in [0.15, 0.2) is 0 Å². The maximum atomic E-state index is 12.9. The Kier molecular flexibility index (Phi) is 10.3. The lowest BCUT2D eigenvalue weighted by atomic mass is 9.97. The number of nitrogens with zero attached hydrogens (tertiary/aromatic N) is 4. The molecule has 0 aliphatic carbocycles. The number of carbonyl (C=O) groups excluding carboxylic acids is 3. The zero-order valence-electron chi connectivity index (χ0n) is 28.5. The fourth-order valence-electron chi connectivity index (χ4n) is 6.54. The van der Waals surface area contributed by atoms with Crippen LogP contribution in [-0.2, 0) is 27.5 Å². The number of aliphatic hydroxyl groups excluding tert-OH is 1. The van der Waals surface area contributed by atoms with Crippen molar-refractivity contribution in [1.29, 1.82) is 0 Å². The van der Waals surface area contributed by atoms with Crippen LogP contribution in [0.4, 0.5) is 4.79 Å². The minimum Gasteiger partial charge on any atom is -0.481 e. The largest absolute Gasteiger partial charge is 0.481 e. The van der Waals surface area contributed by atoms with Gasteiger partial charge in [-0.2, -0.15) is 0 Å². The van der Waals surface area contributed by atoms with Crippen LogP contribution in [0.2, 0.25) is 10.0 Å². The number of halogens is 2. The molecule has 15 heteroatoms. The number of rotatable bonds is 10. The molecule has 0 spiro atoms. The number of pyridine rings is 2. The number of β-amino-alcohol motifs (C(OH)–C–C–N with tert-alkyl or cyclic N) is 1. The maximum Gasteiger partial charge on any atom is 0.407 e. The molecule has 272 valence electrons. The van der Waals surface area contributed by atoms with Gasteiger partial charge in [-0.05, 0) is 36.2 Å². The van der Waals surface area contributed by atoms with Gasteiger partial charge in [0, 0.05) is 60.1 Å². The second-order valence-electron chi connectivity index (χ2n) is 12.8. The second kappa shape index (κ2) is 15.2. The molecule has 2 fully saturated rings. The van der Waals surface area contributed by atoms with Gasteiger partial charge in [-0.15, -0.1) is 0 Å². The number of amides is 3. The standard InChI is InChI=1S/C38H34Cl2N6O7/c1-52-37-22(20-53-38(51)41-17-23-9-11-32(48)43-23)8-10-30(44-37)29-7-3-6-28(36(29)40)27-5-2-4-26(35(27)39)21-12-13-46-31(14-21)42-24(15-34(46)50)18-45-19-25(47)16-33(45)49/h2-8,10,12-15,23,25,47H,9,11,16-20H2,1H3,(H,41,51)(H,43,48)/t23-,25-/m0/s1. The minimum atomic E-state index is -0.731. The van der Waals surface area contributed by atoms with Crippen molar-refractivity contribution in [3.8, 4) is 39.4 Å². The van der Waals surface area contributed by atoms with E-state index in [1.807, 2.05) is 36.4 Å². The van der Waals surface area contributed by atoms with Gasteiger partial charge in [-0.25, -0.2) is 14.8 Å². The second-order valence-corrected chi connectivity index (χ2v) is 13.6. The molecule has 0 unspecified atom stereocenters. The minimum absolute atomic E-state index is 0.0328. The smallest absolute Gasteiger partial charge is 0.407 e. The van der Waals surface area contributed by atoms with Crippen molar-refractivity contribution in [2.24, 2.45) is 0 Å². The van der Waals surface area contributed by atoms with Crippen molar-refractivity contribution < 1.29 is 29.0 Å². The van der Waals surface area contributed by atoms with E-state index in [-0.39, 0.29) is 62.0 Å². The third kappa shape index (κ3) is 7.68. The fourth-order valence-corrected chi connectivity index (χ4v) is 7.20. The van der Waals surface area contributed by atoms with Gasteiger partial charge >= 0.3 is 6.09 Å². The highest BCUT2D eigenvalue weighted by Crippen LogP contribution is 2.42. The summed E-state index contributed by atoms with van der Waals surface area (Å²) >= 11 is 14.1. The molecule has 13 nitrogen and oxygen atoms in total.